The van der Waals surface area contributed by atoms with E-state index in [0.29, 0.717) is 27.8 Å². The van der Waals surface area contributed by atoms with Crippen molar-refractivity contribution in [2.75, 3.05) is 5.32 Å². The highest BCUT2D eigenvalue weighted by molar-refractivity contribution is 6.29. The standard InChI is InChI=1S/C20H21ClN4O2/c1-20(27,13-6-3-2-4-7-13)12-17(26)24-19-22-15-10-11-16(21)23-18(15)25(19)14-8-5-9-14/h2-4,6-7,10-11,14,27H,5,8-9,12H2,1H3,(H,22,24,26)/t20-/m1/s1. The highest BCUT2D eigenvalue weighted by Crippen LogP contribution is 2.37. The number of halogens is 1. The molecule has 27 heavy (non-hydrogen) atoms. The van der Waals surface area contributed by atoms with Crippen molar-refractivity contribution >= 4 is 34.6 Å². The molecule has 1 aromatic carbocycles. The predicted molar refractivity (Wildman–Crippen MR) is 105 cm³/mol. The Labute approximate surface area is 162 Å². The van der Waals surface area contributed by atoms with E-state index in [1.54, 1.807) is 19.1 Å². The lowest BCUT2D eigenvalue weighted by Gasteiger charge is -2.29. The number of aromatic nitrogens is 3. The van der Waals surface area contributed by atoms with E-state index in [4.69, 9.17) is 11.6 Å². The van der Waals surface area contributed by atoms with Crippen LogP contribution in [0, 0.1) is 0 Å². The van der Waals surface area contributed by atoms with E-state index in [-0.39, 0.29) is 18.4 Å². The van der Waals surface area contributed by atoms with Gasteiger partial charge in [0, 0.05) is 6.04 Å². The summed E-state index contributed by atoms with van der Waals surface area (Å²) in [6, 6.07) is 12.9. The number of amides is 1. The van der Waals surface area contributed by atoms with Gasteiger partial charge in [0.25, 0.3) is 0 Å². The van der Waals surface area contributed by atoms with Crippen LogP contribution in [0.15, 0.2) is 42.5 Å². The number of pyridine rings is 1. The van der Waals surface area contributed by atoms with Gasteiger partial charge in [-0.1, -0.05) is 41.9 Å². The lowest BCUT2D eigenvalue weighted by atomic mass is 9.92. The van der Waals surface area contributed by atoms with E-state index in [0.717, 1.165) is 19.3 Å². The molecule has 7 heteroatoms. The van der Waals surface area contributed by atoms with Crippen molar-refractivity contribution in [2.24, 2.45) is 0 Å². The third kappa shape index (κ3) is 3.55. The molecule has 140 valence electrons. The first-order valence-corrected chi connectivity index (χ1v) is 9.44. The molecule has 1 aliphatic rings. The maximum absolute atomic E-state index is 12.7. The number of anilines is 1. The number of carbonyl (C=O) groups is 1. The van der Waals surface area contributed by atoms with Gasteiger partial charge in [-0.15, -0.1) is 0 Å². The van der Waals surface area contributed by atoms with Crippen molar-refractivity contribution in [1.82, 2.24) is 14.5 Å². The summed E-state index contributed by atoms with van der Waals surface area (Å²) in [7, 11) is 0. The van der Waals surface area contributed by atoms with Crippen LogP contribution in [0.3, 0.4) is 0 Å². The van der Waals surface area contributed by atoms with Gasteiger partial charge in [-0.2, -0.15) is 0 Å². The summed E-state index contributed by atoms with van der Waals surface area (Å²) >= 11 is 6.05. The molecule has 2 aromatic heterocycles. The van der Waals surface area contributed by atoms with Gasteiger partial charge in [0.05, 0.1) is 12.0 Å². The highest BCUT2D eigenvalue weighted by atomic mass is 35.5. The zero-order valence-electron chi connectivity index (χ0n) is 15.0. The predicted octanol–water partition coefficient (Wildman–Crippen LogP) is 4.05. The molecule has 0 unspecified atom stereocenters. The minimum absolute atomic E-state index is 0.0704. The first-order chi connectivity index (χ1) is 12.9. The normalized spacial score (nSPS) is 16.7. The summed E-state index contributed by atoms with van der Waals surface area (Å²) in [6.45, 7) is 1.64. The van der Waals surface area contributed by atoms with Gasteiger partial charge in [-0.25, -0.2) is 9.97 Å². The molecule has 1 saturated carbocycles. The summed E-state index contributed by atoms with van der Waals surface area (Å²) in [4.78, 5) is 21.6. The van der Waals surface area contributed by atoms with Gasteiger partial charge in [0.15, 0.2) is 5.65 Å². The summed E-state index contributed by atoms with van der Waals surface area (Å²) in [5.41, 5.74) is 0.801. The van der Waals surface area contributed by atoms with Crippen LogP contribution in [0.2, 0.25) is 5.15 Å². The Morgan fingerprint density at radius 3 is 2.67 bits per heavy atom. The molecule has 2 N–H and O–H groups in total. The second kappa shape index (κ2) is 6.94. The van der Waals surface area contributed by atoms with E-state index in [2.05, 4.69) is 15.3 Å². The molecule has 0 radical (unpaired) electrons. The number of nitrogens with one attached hydrogen (secondary N) is 1. The van der Waals surface area contributed by atoms with Crippen LogP contribution in [0.4, 0.5) is 5.95 Å². The number of fused-ring (bicyclic) bond motifs is 1. The van der Waals surface area contributed by atoms with Gasteiger partial charge >= 0.3 is 0 Å². The van der Waals surface area contributed by atoms with E-state index < -0.39 is 5.60 Å². The van der Waals surface area contributed by atoms with Crippen LogP contribution >= 0.6 is 11.6 Å². The SMILES string of the molecule is C[C@@](O)(CC(=O)Nc1nc2ccc(Cl)nc2n1C1CCC1)c1ccccc1. The minimum atomic E-state index is -1.26. The van der Waals surface area contributed by atoms with Crippen LogP contribution in [0.1, 0.15) is 44.2 Å². The van der Waals surface area contributed by atoms with Gasteiger partial charge in [-0.3, -0.25) is 14.7 Å². The van der Waals surface area contributed by atoms with Gasteiger partial charge in [-0.05, 0) is 43.9 Å². The Balaban J connectivity index is 1.60. The Bertz CT molecular complexity index is 980. The Morgan fingerprint density at radius 2 is 2.00 bits per heavy atom. The summed E-state index contributed by atoms with van der Waals surface area (Å²) < 4.78 is 1.96. The van der Waals surface area contributed by atoms with Crippen LogP contribution in [0.25, 0.3) is 11.2 Å². The average molecular weight is 385 g/mol. The number of nitrogens with zero attached hydrogens (tertiary/aromatic N) is 3. The molecule has 4 rings (SSSR count). The molecule has 1 aliphatic carbocycles. The molecule has 0 saturated heterocycles. The maximum Gasteiger partial charge on any atom is 0.229 e. The summed E-state index contributed by atoms with van der Waals surface area (Å²) in [5.74, 6) is 0.157. The fourth-order valence-electron chi connectivity index (χ4n) is 3.41. The lowest BCUT2D eigenvalue weighted by molar-refractivity contribution is -0.120. The lowest BCUT2D eigenvalue weighted by Crippen LogP contribution is -2.30. The molecule has 1 fully saturated rings. The molecule has 1 amide bonds. The average Bonchev–Trinajstić information content (AvgIpc) is 2.91. The number of rotatable bonds is 5. The van der Waals surface area contributed by atoms with Crippen LogP contribution in [-0.2, 0) is 10.4 Å². The van der Waals surface area contributed by atoms with Crippen LogP contribution < -0.4 is 5.32 Å². The second-order valence-corrected chi connectivity index (χ2v) is 7.62. The fraction of sp³-hybridized carbons (Fsp3) is 0.350. The zero-order valence-corrected chi connectivity index (χ0v) is 15.8. The number of imidazole rings is 1. The Hall–Kier alpha value is -2.44. The number of aliphatic hydroxyl groups is 1. The molecule has 1 atom stereocenters. The maximum atomic E-state index is 12.7. The topological polar surface area (TPSA) is 80.0 Å². The van der Waals surface area contributed by atoms with Crippen molar-refractivity contribution in [3.63, 3.8) is 0 Å². The first kappa shape index (κ1) is 17.9. The number of hydrogen-bond acceptors (Lipinski definition) is 4. The molecule has 3 aromatic rings. The van der Waals surface area contributed by atoms with E-state index in [1.807, 2.05) is 34.9 Å². The zero-order chi connectivity index (χ0) is 19.0. The van der Waals surface area contributed by atoms with Crippen molar-refractivity contribution in [3.05, 3.63) is 53.2 Å². The quantitative estimate of drug-likeness (QED) is 0.650. The number of hydrogen-bond donors (Lipinski definition) is 2. The molecule has 0 aliphatic heterocycles. The minimum Gasteiger partial charge on any atom is -0.385 e. The third-order valence-corrected chi connectivity index (χ3v) is 5.31. The third-order valence-electron chi connectivity index (χ3n) is 5.09. The van der Waals surface area contributed by atoms with E-state index >= 15 is 0 Å². The molecule has 6 nitrogen and oxygen atoms in total. The van der Waals surface area contributed by atoms with Gasteiger partial charge in [0.1, 0.15) is 10.7 Å². The Kier molecular flexibility index (Phi) is 4.61. The summed E-state index contributed by atoms with van der Waals surface area (Å²) in [5, 5.41) is 14.0. The molecule has 2 heterocycles. The van der Waals surface area contributed by atoms with Gasteiger partial charge in [0.2, 0.25) is 11.9 Å². The molecule has 0 spiro atoms. The fourth-order valence-corrected chi connectivity index (χ4v) is 3.55. The number of carbonyl (C=O) groups excluding carboxylic acids is 1. The van der Waals surface area contributed by atoms with Gasteiger partial charge < -0.3 is 5.11 Å². The van der Waals surface area contributed by atoms with E-state index in [9.17, 15) is 9.90 Å². The first-order valence-electron chi connectivity index (χ1n) is 9.06. The molecular weight excluding hydrogens is 364 g/mol. The highest BCUT2D eigenvalue weighted by Gasteiger charge is 2.29. The largest absolute Gasteiger partial charge is 0.385 e. The van der Waals surface area contributed by atoms with Crippen molar-refractivity contribution < 1.29 is 9.90 Å². The molecule has 0 bridgehead atoms. The second-order valence-electron chi connectivity index (χ2n) is 7.23. The van der Waals surface area contributed by atoms with E-state index in [1.165, 1.54) is 0 Å². The van der Waals surface area contributed by atoms with Crippen LogP contribution in [0.5, 0.6) is 0 Å². The van der Waals surface area contributed by atoms with Crippen molar-refractivity contribution in [2.45, 2.75) is 44.2 Å². The van der Waals surface area contributed by atoms with Crippen molar-refractivity contribution in [3.8, 4) is 0 Å². The van der Waals surface area contributed by atoms with Crippen molar-refractivity contribution in [1.29, 1.82) is 0 Å². The molecular formula is C20H21ClN4O2. The number of benzene rings is 1. The monoisotopic (exact) mass is 384 g/mol. The smallest absolute Gasteiger partial charge is 0.229 e. The van der Waals surface area contributed by atoms with Crippen LogP contribution in [-0.4, -0.2) is 25.5 Å². The Morgan fingerprint density at radius 1 is 1.26 bits per heavy atom. The summed E-state index contributed by atoms with van der Waals surface area (Å²) in [6.07, 6.45) is 3.11.